The molecule has 6 N–H and O–H groups in total. The van der Waals surface area contributed by atoms with Gasteiger partial charge in [-0.05, 0) is 44.9 Å². The smallest absolute Gasteiger partial charge is 0.394 e. The van der Waals surface area contributed by atoms with E-state index in [0.717, 1.165) is 57.8 Å². The number of ether oxygens (including phenoxy) is 2. The van der Waals surface area contributed by atoms with Crippen LogP contribution < -0.4 is 5.32 Å². The van der Waals surface area contributed by atoms with Crippen molar-refractivity contribution in [1.29, 1.82) is 0 Å². The molecule has 1 heterocycles. The van der Waals surface area contributed by atoms with Crippen LogP contribution in [0.1, 0.15) is 380 Å². The first kappa shape index (κ1) is 82.6. The van der Waals surface area contributed by atoms with Crippen LogP contribution in [0.15, 0.2) is 24.3 Å². The van der Waals surface area contributed by atoms with E-state index in [9.17, 15) is 38.2 Å². The monoisotopic (exact) mass is 1240 g/mol. The topological polar surface area (TPSA) is 192 Å². The Kier molecular flexibility index (Phi) is 59.9. The zero-order valence-electron chi connectivity index (χ0n) is 56.2. The molecule has 0 bridgehead atoms. The highest BCUT2D eigenvalue weighted by Crippen LogP contribution is 2.27. The van der Waals surface area contributed by atoms with Crippen molar-refractivity contribution in [3.63, 3.8) is 0 Å². The van der Waals surface area contributed by atoms with Gasteiger partial charge in [0.2, 0.25) is 5.91 Å². The summed E-state index contributed by atoms with van der Waals surface area (Å²) < 4.78 is 48.2. The third-order valence-corrected chi connectivity index (χ3v) is 18.5. The van der Waals surface area contributed by atoms with Crippen LogP contribution in [0.3, 0.4) is 0 Å². The molecule has 0 radical (unpaired) electrons. The molecule has 13 heteroatoms. The third-order valence-electron chi connectivity index (χ3n) is 18.0. The highest BCUT2D eigenvalue weighted by Gasteiger charge is 2.48. The van der Waals surface area contributed by atoms with Gasteiger partial charge in [0.15, 0.2) is 6.29 Å². The fourth-order valence-corrected chi connectivity index (χ4v) is 12.8. The molecule has 86 heavy (non-hydrogen) atoms. The first-order valence-electron chi connectivity index (χ1n) is 37.2. The number of amides is 1. The van der Waals surface area contributed by atoms with Crippen molar-refractivity contribution in [3.8, 4) is 0 Å². The number of hydrogen-bond donors (Lipinski definition) is 6. The van der Waals surface area contributed by atoms with Gasteiger partial charge in [-0.2, -0.15) is 8.42 Å². The Hall–Kier alpha value is -1.42. The number of hydrogen-bond acceptors (Lipinski definition) is 10. The largest absolute Gasteiger partial charge is 0.397 e. The van der Waals surface area contributed by atoms with Crippen molar-refractivity contribution in [3.05, 3.63) is 24.3 Å². The van der Waals surface area contributed by atoms with Gasteiger partial charge in [-0.1, -0.05) is 353 Å². The first-order valence-corrected chi connectivity index (χ1v) is 38.6. The second-order valence-corrected chi connectivity index (χ2v) is 27.3. The number of carbonyl (C=O) groups excluding carboxylic acids is 1. The Morgan fingerprint density at radius 3 is 1.10 bits per heavy atom. The van der Waals surface area contributed by atoms with Crippen LogP contribution in [-0.4, -0.2) is 95.4 Å². The van der Waals surface area contributed by atoms with Gasteiger partial charge in [0.05, 0.1) is 25.4 Å². The van der Waals surface area contributed by atoms with Crippen LogP contribution in [0.4, 0.5) is 0 Å². The quantitative estimate of drug-likeness (QED) is 0.0193. The highest BCUT2D eigenvalue weighted by atomic mass is 32.3. The van der Waals surface area contributed by atoms with Crippen LogP contribution in [0, 0.1) is 0 Å². The van der Waals surface area contributed by atoms with E-state index in [1.165, 1.54) is 295 Å². The number of allylic oxidation sites excluding steroid dienone is 4. The first-order chi connectivity index (χ1) is 42.0. The summed E-state index contributed by atoms with van der Waals surface area (Å²) in [6.45, 7) is 3.53. The van der Waals surface area contributed by atoms with Gasteiger partial charge in [-0.25, -0.2) is 4.18 Å². The summed E-state index contributed by atoms with van der Waals surface area (Å²) in [5.41, 5.74) is 0. The minimum Gasteiger partial charge on any atom is -0.394 e. The Morgan fingerprint density at radius 1 is 0.465 bits per heavy atom. The average molecular weight is 1240 g/mol. The van der Waals surface area contributed by atoms with E-state index < -0.39 is 59.9 Å². The van der Waals surface area contributed by atoms with Crippen molar-refractivity contribution in [1.82, 2.24) is 5.32 Å². The SMILES string of the molecule is CCCCCCCCCCCCCCC/C=C\C/C=C\CCCCCCCCCCCCCCCCCCCC(=O)NC(COC1OC(CO)C(O)C(OS(=O)(=O)O)C1O)C(O)CCCCCCCCCCCCCCCCCCCCCCCC. The molecule has 510 valence electrons. The highest BCUT2D eigenvalue weighted by molar-refractivity contribution is 7.80. The lowest BCUT2D eigenvalue weighted by Crippen LogP contribution is -2.61. The number of nitrogens with one attached hydrogen (secondary N) is 1. The van der Waals surface area contributed by atoms with Crippen molar-refractivity contribution in [2.24, 2.45) is 0 Å². The molecule has 1 rings (SSSR count). The Labute approximate surface area is 531 Å². The van der Waals surface area contributed by atoms with E-state index in [-0.39, 0.29) is 12.5 Å². The molecule has 1 aliphatic rings. The van der Waals surface area contributed by atoms with Crippen LogP contribution in [-0.2, 0) is 28.9 Å². The van der Waals surface area contributed by atoms with Crippen LogP contribution in [0.25, 0.3) is 0 Å². The summed E-state index contributed by atoms with van der Waals surface area (Å²) in [6.07, 6.45) is 72.3. The molecule has 1 aliphatic heterocycles. The molecule has 1 fully saturated rings. The predicted octanol–water partition coefficient (Wildman–Crippen LogP) is 19.9. The fourth-order valence-electron chi connectivity index (χ4n) is 12.3. The molecule has 0 aromatic carbocycles. The van der Waals surface area contributed by atoms with Gasteiger partial charge in [-0.3, -0.25) is 9.35 Å². The number of aliphatic hydroxyl groups is 4. The molecular formula is C73H141NO11S. The maximum atomic E-state index is 13.2. The van der Waals surface area contributed by atoms with E-state index in [1.807, 2.05) is 0 Å². The standard InChI is InChI=1S/C73H141NO11S/c1-3-5-7-9-11-13-15-17-19-21-23-25-27-28-29-30-31-32-33-34-35-36-37-38-39-40-41-43-45-47-49-51-53-55-57-59-61-63-69(77)74-66(65-83-73-71(79)72(85-86(80,81)82)70(78)68(64-75)84-73)67(76)62-60-58-56-54-52-50-48-46-44-42-26-24-22-20-18-16-14-12-10-8-6-4-2/h29-30,32-33,66-68,70-73,75-76,78-79H,3-28,31,34-65H2,1-2H3,(H,74,77)(H,80,81,82)/b30-29-,33-32-. The number of unbranched alkanes of at least 4 members (excludes halogenated alkanes) is 51. The van der Waals surface area contributed by atoms with E-state index in [0.29, 0.717) is 12.8 Å². The minimum absolute atomic E-state index is 0.222. The van der Waals surface area contributed by atoms with Crippen molar-refractivity contribution < 1.29 is 51.8 Å². The molecule has 0 aromatic rings. The van der Waals surface area contributed by atoms with Gasteiger partial charge in [0, 0.05) is 6.42 Å². The lowest BCUT2D eigenvalue weighted by Gasteiger charge is -2.41. The third kappa shape index (κ3) is 53.3. The van der Waals surface area contributed by atoms with Crippen LogP contribution in [0.5, 0.6) is 0 Å². The van der Waals surface area contributed by atoms with Crippen LogP contribution >= 0.6 is 0 Å². The predicted molar refractivity (Wildman–Crippen MR) is 361 cm³/mol. The normalized spacial score (nSPS) is 18.2. The lowest BCUT2D eigenvalue weighted by atomic mass is 9.99. The van der Waals surface area contributed by atoms with Gasteiger partial charge < -0.3 is 35.2 Å². The molecule has 7 unspecified atom stereocenters. The second-order valence-electron chi connectivity index (χ2n) is 26.2. The average Bonchev–Trinajstić information content (AvgIpc) is 1.61. The Morgan fingerprint density at radius 2 is 0.779 bits per heavy atom. The molecule has 12 nitrogen and oxygen atoms in total. The van der Waals surface area contributed by atoms with Gasteiger partial charge in [0.1, 0.15) is 24.4 Å². The van der Waals surface area contributed by atoms with Crippen molar-refractivity contribution >= 4 is 16.3 Å². The summed E-state index contributed by atoms with van der Waals surface area (Å²) in [4.78, 5) is 13.2. The number of rotatable bonds is 67. The summed E-state index contributed by atoms with van der Waals surface area (Å²) in [5.74, 6) is -0.222. The number of aliphatic hydroxyl groups excluding tert-OH is 4. The molecule has 1 amide bonds. The molecule has 0 aliphatic carbocycles. The maximum Gasteiger partial charge on any atom is 0.397 e. The van der Waals surface area contributed by atoms with E-state index >= 15 is 0 Å². The molecule has 1 saturated heterocycles. The summed E-state index contributed by atoms with van der Waals surface area (Å²) in [5, 5.41) is 45.4. The van der Waals surface area contributed by atoms with E-state index in [2.05, 4.69) is 47.7 Å². The molecule has 0 spiro atoms. The summed E-state index contributed by atoms with van der Waals surface area (Å²) in [7, 11) is -5.09. The zero-order chi connectivity index (χ0) is 62.5. The molecule has 0 saturated carbocycles. The van der Waals surface area contributed by atoms with Crippen LogP contribution in [0.2, 0.25) is 0 Å². The fraction of sp³-hybridized carbons (Fsp3) is 0.932. The summed E-state index contributed by atoms with van der Waals surface area (Å²) in [6, 6.07) is -0.858. The van der Waals surface area contributed by atoms with Gasteiger partial charge >= 0.3 is 10.4 Å². The number of carbonyl (C=O) groups is 1. The Balaban J connectivity index is 2.17. The van der Waals surface area contributed by atoms with Gasteiger partial charge in [-0.15, -0.1) is 0 Å². The Bertz CT molecular complexity index is 1600. The van der Waals surface area contributed by atoms with Gasteiger partial charge in [0.25, 0.3) is 0 Å². The molecule has 7 atom stereocenters. The zero-order valence-corrected chi connectivity index (χ0v) is 57.0. The second kappa shape index (κ2) is 62.4. The lowest BCUT2D eigenvalue weighted by molar-refractivity contribution is -0.298. The molecule has 0 aromatic heterocycles. The maximum absolute atomic E-state index is 13.2. The minimum atomic E-state index is -5.09. The van der Waals surface area contributed by atoms with Crippen molar-refractivity contribution in [2.45, 2.75) is 423 Å². The molecular weight excluding hydrogens is 1100 g/mol. The van der Waals surface area contributed by atoms with E-state index in [4.69, 9.17) is 9.47 Å². The van der Waals surface area contributed by atoms with Crippen molar-refractivity contribution in [2.75, 3.05) is 13.2 Å². The summed E-state index contributed by atoms with van der Waals surface area (Å²) >= 11 is 0. The van der Waals surface area contributed by atoms with E-state index in [1.54, 1.807) is 0 Å².